The number of aliphatic hydroxyl groups is 1. The summed E-state index contributed by atoms with van der Waals surface area (Å²) in [4.78, 5) is 0. The van der Waals surface area contributed by atoms with Gasteiger partial charge in [-0.15, -0.1) is 0 Å². The van der Waals surface area contributed by atoms with Crippen LogP contribution < -0.4 is 5.32 Å². The van der Waals surface area contributed by atoms with E-state index in [0.29, 0.717) is 13.1 Å². The molecule has 0 radical (unpaired) electrons. The monoisotopic (exact) mass is 285 g/mol. The highest BCUT2D eigenvalue weighted by Crippen LogP contribution is 2.23. The van der Waals surface area contributed by atoms with Gasteiger partial charge in [-0.1, -0.05) is 0 Å². The second-order valence-corrected chi connectivity index (χ2v) is 5.26. The number of nitrogens with one attached hydrogen (secondary N) is 1. The van der Waals surface area contributed by atoms with Crippen molar-refractivity contribution in [3.05, 3.63) is 47.5 Å². The summed E-state index contributed by atoms with van der Waals surface area (Å²) in [5.41, 5.74) is 4.34. The summed E-state index contributed by atoms with van der Waals surface area (Å²) in [5.74, 6) is 0.893. The molecular weight excluding hydrogens is 266 g/mol. The van der Waals surface area contributed by atoms with Crippen LogP contribution >= 0.6 is 0 Å². The number of hydrogen-bond acceptors (Lipinski definition) is 4. The van der Waals surface area contributed by atoms with Gasteiger partial charge in [0.05, 0.1) is 31.6 Å². The number of aromatic nitrogens is 2. The SMILES string of the molecule is Cc1cc2cc(CNc3cnn(CCO)c3)oc2cc1C. The Balaban J connectivity index is 1.72. The zero-order valence-corrected chi connectivity index (χ0v) is 12.3. The number of nitrogens with zero attached hydrogens (tertiary/aromatic N) is 2. The highest BCUT2D eigenvalue weighted by atomic mass is 16.3. The predicted octanol–water partition coefficient (Wildman–Crippen LogP) is 2.85. The lowest BCUT2D eigenvalue weighted by Crippen LogP contribution is -2.02. The fraction of sp³-hybridized carbons (Fsp3) is 0.312. The van der Waals surface area contributed by atoms with Crippen LogP contribution in [-0.2, 0) is 13.1 Å². The van der Waals surface area contributed by atoms with E-state index in [2.05, 4.69) is 42.5 Å². The Morgan fingerprint density at radius 2 is 2.05 bits per heavy atom. The van der Waals surface area contributed by atoms with Gasteiger partial charge >= 0.3 is 0 Å². The van der Waals surface area contributed by atoms with E-state index in [1.807, 2.05) is 6.20 Å². The van der Waals surface area contributed by atoms with E-state index in [-0.39, 0.29) is 6.61 Å². The maximum Gasteiger partial charge on any atom is 0.134 e. The third-order valence-electron chi connectivity index (χ3n) is 3.61. The molecule has 0 aliphatic rings. The number of aliphatic hydroxyl groups excluding tert-OH is 1. The van der Waals surface area contributed by atoms with Gasteiger partial charge in [-0.3, -0.25) is 4.68 Å². The Hall–Kier alpha value is -2.27. The molecule has 1 aromatic carbocycles. The van der Waals surface area contributed by atoms with Crippen LogP contribution in [0.2, 0.25) is 0 Å². The van der Waals surface area contributed by atoms with E-state index < -0.39 is 0 Å². The largest absolute Gasteiger partial charge is 0.459 e. The minimum Gasteiger partial charge on any atom is -0.459 e. The first-order valence-electron chi connectivity index (χ1n) is 7.02. The van der Waals surface area contributed by atoms with Crippen LogP contribution in [0.25, 0.3) is 11.0 Å². The van der Waals surface area contributed by atoms with Crippen molar-refractivity contribution in [3.63, 3.8) is 0 Å². The molecule has 3 rings (SSSR count). The lowest BCUT2D eigenvalue weighted by atomic mass is 10.1. The molecule has 3 aromatic rings. The molecule has 0 unspecified atom stereocenters. The summed E-state index contributed by atoms with van der Waals surface area (Å²) in [6.45, 7) is 5.39. The number of fused-ring (bicyclic) bond motifs is 1. The minimum atomic E-state index is 0.0867. The summed E-state index contributed by atoms with van der Waals surface area (Å²) in [7, 11) is 0. The molecule has 0 fully saturated rings. The van der Waals surface area contributed by atoms with E-state index in [1.54, 1.807) is 10.9 Å². The molecule has 0 bridgehead atoms. The van der Waals surface area contributed by atoms with Crippen molar-refractivity contribution in [2.24, 2.45) is 0 Å². The third kappa shape index (κ3) is 2.92. The fourth-order valence-electron chi connectivity index (χ4n) is 2.31. The van der Waals surface area contributed by atoms with Gasteiger partial charge in [-0.25, -0.2) is 0 Å². The Morgan fingerprint density at radius 3 is 2.86 bits per heavy atom. The predicted molar refractivity (Wildman–Crippen MR) is 82.3 cm³/mol. The van der Waals surface area contributed by atoms with Crippen LogP contribution in [0.5, 0.6) is 0 Å². The molecule has 0 atom stereocenters. The first-order valence-corrected chi connectivity index (χ1v) is 7.02. The molecule has 5 nitrogen and oxygen atoms in total. The van der Waals surface area contributed by atoms with Gasteiger partial charge in [0.25, 0.3) is 0 Å². The highest BCUT2D eigenvalue weighted by Gasteiger charge is 2.06. The Labute approximate surface area is 123 Å². The molecule has 0 amide bonds. The van der Waals surface area contributed by atoms with Crippen LogP contribution in [0.15, 0.2) is 35.0 Å². The van der Waals surface area contributed by atoms with Gasteiger partial charge in [0.2, 0.25) is 0 Å². The van der Waals surface area contributed by atoms with Crippen molar-refractivity contribution in [2.75, 3.05) is 11.9 Å². The maximum atomic E-state index is 8.87. The maximum absolute atomic E-state index is 8.87. The third-order valence-corrected chi connectivity index (χ3v) is 3.61. The number of rotatable bonds is 5. The van der Waals surface area contributed by atoms with E-state index >= 15 is 0 Å². The second kappa shape index (κ2) is 5.61. The number of furan rings is 1. The van der Waals surface area contributed by atoms with Crippen molar-refractivity contribution >= 4 is 16.7 Å². The Morgan fingerprint density at radius 1 is 1.24 bits per heavy atom. The van der Waals surface area contributed by atoms with E-state index in [9.17, 15) is 0 Å². The Kier molecular flexibility index (Phi) is 3.66. The molecular formula is C16H19N3O2. The average Bonchev–Trinajstić information content (AvgIpc) is 3.04. The van der Waals surface area contributed by atoms with Crippen molar-refractivity contribution in [1.29, 1.82) is 0 Å². The summed E-state index contributed by atoms with van der Waals surface area (Å²) < 4.78 is 7.55. The van der Waals surface area contributed by atoms with E-state index in [4.69, 9.17) is 9.52 Å². The Bertz CT molecular complexity index is 719. The van der Waals surface area contributed by atoms with E-state index in [0.717, 1.165) is 22.4 Å². The minimum absolute atomic E-state index is 0.0867. The summed E-state index contributed by atoms with van der Waals surface area (Å²) >= 11 is 0. The van der Waals surface area contributed by atoms with E-state index in [1.165, 1.54) is 11.1 Å². The topological polar surface area (TPSA) is 63.2 Å². The summed E-state index contributed by atoms with van der Waals surface area (Å²) in [5, 5.41) is 17.4. The van der Waals surface area contributed by atoms with Crippen LogP contribution in [-0.4, -0.2) is 21.5 Å². The molecule has 0 spiro atoms. The quantitative estimate of drug-likeness (QED) is 0.756. The van der Waals surface area contributed by atoms with Gasteiger partial charge in [0.15, 0.2) is 0 Å². The molecule has 0 aliphatic heterocycles. The average molecular weight is 285 g/mol. The first-order chi connectivity index (χ1) is 10.2. The number of aryl methyl sites for hydroxylation is 2. The van der Waals surface area contributed by atoms with Crippen LogP contribution in [0.1, 0.15) is 16.9 Å². The molecule has 110 valence electrons. The van der Waals surface area contributed by atoms with Crippen LogP contribution in [0, 0.1) is 13.8 Å². The molecule has 21 heavy (non-hydrogen) atoms. The standard InChI is InChI=1S/C16H19N3O2/c1-11-5-13-7-15(21-16(13)6-12(11)2)9-17-14-8-18-19(10-14)3-4-20/h5-8,10,17,20H,3-4,9H2,1-2H3. The number of hydrogen-bond donors (Lipinski definition) is 2. The molecule has 2 aromatic heterocycles. The first kappa shape index (κ1) is 13.7. The van der Waals surface area contributed by atoms with Crippen LogP contribution in [0.3, 0.4) is 0 Å². The molecule has 0 saturated heterocycles. The molecule has 0 saturated carbocycles. The highest BCUT2D eigenvalue weighted by molar-refractivity contribution is 5.79. The van der Waals surface area contributed by atoms with Gasteiger partial charge in [0, 0.05) is 11.6 Å². The second-order valence-electron chi connectivity index (χ2n) is 5.26. The lowest BCUT2D eigenvalue weighted by Gasteiger charge is -1.99. The van der Waals surface area contributed by atoms with Gasteiger partial charge in [-0.05, 0) is 43.2 Å². The lowest BCUT2D eigenvalue weighted by molar-refractivity contribution is 0.269. The van der Waals surface area contributed by atoms with Crippen molar-refractivity contribution < 1.29 is 9.52 Å². The molecule has 2 heterocycles. The van der Waals surface area contributed by atoms with Crippen molar-refractivity contribution in [1.82, 2.24) is 9.78 Å². The zero-order chi connectivity index (χ0) is 14.8. The number of benzene rings is 1. The van der Waals surface area contributed by atoms with Crippen LogP contribution in [0.4, 0.5) is 5.69 Å². The smallest absolute Gasteiger partial charge is 0.134 e. The van der Waals surface area contributed by atoms with Gasteiger partial charge in [-0.2, -0.15) is 5.10 Å². The summed E-state index contributed by atoms with van der Waals surface area (Å²) in [6.07, 6.45) is 3.61. The zero-order valence-electron chi connectivity index (χ0n) is 12.3. The summed E-state index contributed by atoms with van der Waals surface area (Å²) in [6, 6.07) is 6.29. The van der Waals surface area contributed by atoms with Gasteiger partial charge < -0.3 is 14.8 Å². The fourth-order valence-corrected chi connectivity index (χ4v) is 2.31. The number of anilines is 1. The molecule has 0 aliphatic carbocycles. The van der Waals surface area contributed by atoms with Crippen molar-refractivity contribution in [3.8, 4) is 0 Å². The normalized spacial score (nSPS) is 11.2. The van der Waals surface area contributed by atoms with Gasteiger partial charge in [0.1, 0.15) is 11.3 Å². The van der Waals surface area contributed by atoms with Crippen molar-refractivity contribution in [2.45, 2.75) is 26.9 Å². The molecule has 2 N–H and O–H groups in total. The molecule has 5 heteroatoms.